The van der Waals surface area contributed by atoms with E-state index in [4.69, 9.17) is 9.47 Å². The molecule has 0 aliphatic heterocycles. The van der Waals surface area contributed by atoms with Crippen molar-refractivity contribution in [3.05, 3.63) is 35.9 Å². The summed E-state index contributed by atoms with van der Waals surface area (Å²) in [7, 11) is 3.56. The Balaban J connectivity index is 2.79. The van der Waals surface area contributed by atoms with Gasteiger partial charge in [-0.15, -0.1) is 0 Å². The summed E-state index contributed by atoms with van der Waals surface area (Å²) in [6.45, 7) is 3.75. The van der Waals surface area contributed by atoms with E-state index < -0.39 is 0 Å². The molecule has 18 heavy (non-hydrogen) atoms. The highest BCUT2D eigenvalue weighted by atomic mass is 16.5. The average molecular weight is 250 g/mol. The van der Waals surface area contributed by atoms with Crippen LogP contribution in [0.3, 0.4) is 0 Å². The third-order valence-corrected chi connectivity index (χ3v) is 3.38. The zero-order chi connectivity index (χ0) is 13.3. The van der Waals surface area contributed by atoms with Crippen molar-refractivity contribution in [1.82, 2.24) is 0 Å². The minimum atomic E-state index is 0.112. The highest BCUT2D eigenvalue weighted by Gasteiger charge is 2.30. The van der Waals surface area contributed by atoms with Crippen molar-refractivity contribution >= 4 is 0 Å². The predicted molar refractivity (Wildman–Crippen MR) is 75.9 cm³/mol. The van der Waals surface area contributed by atoms with Gasteiger partial charge >= 0.3 is 0 Å². The van der Waals surface area contributed by atoms with Crippen LogP contribution in [0.1, 0.15) is 31.7 Å². The zero-order valence-electron chi connectivity index (χ0n) is 11.9. The first-order chi connectivity index (χ1) is 8.76. The quantitative estimate of drug-likeness (QED) is 0.665. The molecule has 1 aromatic carbocycles. The van der Waals surface area contributed by atoms with Gasteiger partial charge in [0.2, 0.25) is 0 Å². The first kappa shape index (κ1) is 15.2. The van der Waals surface area contributed by atoms with E-state index in [1.165, 1.54) is 18.4 Å². The average Bonchev–Trinajstić information content (AvgIpc) is 2.38. The molecule has 0 saturated heterocycles. The summed E-state index contributed by atoms with van der Waals surface area (Å²) in [5.41, 5.74) is 1.48. The van der Waals surface area contributed by atoms with Gasteiger partial charge in [-0.3, -0.25) is 0 Å². The lowest BCUT2D eigenvalue weighted by atomic mass is 9.78. The van der Waals surface area contributed by atoms with Crippen LogP contribution in [0, 0.1) is 5.41 Å². The molecule has 0 atom stereocenters. The third kappa shape index (κ3) is 4.79. The Hall–Kier alpha value is -0.860. The molecule has 0 aliphatic rings. The summed E-state index contributed by atoms with van der Waals surface area (Å²) in [6, 6.07) is 10.6. The molecule has 2 nitrogen and oxygen atoms in total. The summed E-state index contributed by atoms with van der Waals surface area (Å²) < 4.78 is 10.9. The molecule has 0 bridgehead atoms. The molecule has 0 saturated carbocycles. The maximum Gasteiger partial charge on any atom is 0.0543 e. The van der Waals surface area contributed by atoms with Crippen LogP contribution in [0.25, 0.3) is 0 Å². The zero-order valence-corrected chi connectivity index (χ0v) is 11.9. The normalized spacial score (nSPS) is 11.7. The molecule has 2 heteroatoms. The fourth-order valence-electron chi connectivity index (χ4n) is 2.57. The fraction of sp³-hybridized carbons (Fsp3) is 0.625. The number of ether oxygens (including phenoxy) is 2. The highest BCUT2D eigenvalue weighted by molar-refractivity contribution is 5.16. The van der Waals surface area contributed by atoms with Gasteiger partial charge < -0.3 is 9.47 Å². The first-order valence-corrected chi connectivity index (χ1v) is 6.78. The van der Waals surface area contributed by atoms with Gasteiger partial charge in [0.05, 0.1) is 13.2 Å². The molecule has 0 aromatic heterocycles. The van der Waals surface area contributed by atoms with Crippen molar-refractivity contribution < 1.29 is 9.47 Å². The summed E-state index contributed by atoms with van der Waals surface area (Å²) in [6.07, 6.45) is 4.61. The van der Waals surface area contributed by atoms with Crippen molar-refractivity contribution in [3.63, 3.8) is 0 Å². The Morgan fingerprint density at radius 2 is 1.61 bits per heavy atom. The molecular weight excluding hydrogens is 224 g/mol. The van der Waals surface area contributed by atoms with Crippen LogP contribution in [0.15, 0.2) is 30.3 Å². The van der Waals surface area contributed by atoms with Gasteiger partial charge in [-0.05, 0) is 18.4 Å². The first-order valence-electron chi connectivity index (χ1n) is 6.78. The number of unbranched alkanes of at least 4 members (excludes halogenated alkanes) is 1. The van der Waals surface area contributed by atoms with Crippen LogP contribution in [-0.4, -0.2) is 27.4 Å². The number of hydrogen-bond donors (Lipinski definition) is 0. The molecule has 0 aliphatic carbocycles. The largest absolute Gasteiger partial charge is 0.384 e. The van der Waals surface area contributed by atoms with Gasteiger partial charge in [0.25, 0.3) is 0 Å². The minimum Gasteiger partial charge on any atom is -0.384 e. The number of hydrogen-bond acceptors (Lipinski definition) is 2. The van der Waals surface area contributed by atoms with E-state index in [1.807, 2.05) is 0 Å². The van der Waals surface area contributed by atoms with E-state index in [9.17, 15) is 0 Å². The lowest BCUT2D eigenvalue weighted by Gasteiger charge is -2.32. The van der Waals surface area contributed by atoms with E-state index in [0.717, 1.165) is 26.1 Å². The monoisotopic (exact) mass is 250 g/mol. The van der Waals surface area contributed by atoms with Crippen molar-refractivity contribution in [1.29, 1.82) is 0 Å². The number of benzene rings is 1. The van der Waals surface area contributed by atoms with E-state index in [2.05, 4.69) is 37.3 Å². The number of rotatable bonds is 9. The van der Waals surface area contributed by atoms with Crippen LogP contribution in [0.2, 0.25) is 0 Å². The van der Waals surface area contributed by atoms with Gasteiger partial charge in [-0.2, -0.15) is 0 Å². The maximum atomic E-state index is 5.45. The molecule has 0 heterocycles. The van der Waals surface area contributed by atoms with Crippen LogP contribution < -0.4 is 0 Å². The molecule has 1 aromatic rings. The smallest absolute Gasteiger partial charge is 0.0543 e. The fourth-order valence-corrected chi connectivity index (χ4v) is 2.57. The molecular formula is C16H26O2. The molecule has 0 fully saturated rings. The minimum absolute atomic E-state index is 0.112. The summed E-state index contributed by atoms with van der Waals surface area (Å²) in [5, 5.41) is 0. The Labute approximate surface area is 111 Å². The Morgan fingerprint density at radius 1 is 1.00 bits per heavy atom. The van der Waals surface area contributed by atoms with Gasteiger partial charge in [0, 0.05) is 19.6 Å². The molecule has 0 unspecified atom stereocenters. The van der Waals surface area contributed by atoms with Crippen molar-refractivity contribution in [2.75, 3.05) is 27.4 Å². The molecule has 1 rings (SSSR count). The van der Waals surface area contributed by atoms with Gasteiger partial charge in [0.1, 0.15) is 0 Å². The summed E-state index contributed by atoms with van der Waals surface area (Å²) in [4.78, 5) is 0. The third-order valence-electron chi connectivity index (χ3n) is 3.38. The summed E-state index contributed by atoms with van der Waals surface area (Å²) >= 11 is 0. The molecule has 0 spiro atoms. The van der Waals surface area contributed by atoms with Crippen LogP contribution in [0.5, 0.6) is 0 Å². The van der Waals surface area contributed by atoms with Crippen LogP contribution in [-0.2, 0) is 15.9 Å². The van der Waals surface area contributed by atoms with E-state index in [0.29, 0.717) is 0 Å². The van der Waals surface area contributed by atoms with Gasteiger partial charge in [-0.25, -0.2) is 0 Å². The second-order valence-corrected chi connectivity index (χ2v) is 5.13. The van der Waals surface area contributed by atoms with E-state index in [1.54, 1.807) is 14.2 Å². The van der Waals surface area contributed by atoms with Crippen LogP contribution >= 0.6 is 0 Å². The lowest BCUT2D eigenvalue weighted by Crippen LogP contribution is -2.34. The standard InChI is InChI=1S/C16H26O2/c1-4-5-11-16(13-17-2,14-18-3)12-15-9-7-6-8-10-15/h6-10H,4-5,11-14H2,1-3H3. The SMILES string of the molecule is CCCCC(COC)(COC)Cc1ccccc1. The van der Waals surface area contributed by atoms with Gasteiger partial charge in [-0.1, -0.05) is 50.1 Å². The summed E-state index contributed by atoms with van der Waals surface area (Å²) in [5.74, 6) is 0. The molecule has 0 radical (unpaired) electrons. The molecule has 102 valence electrons. The Kier molecular flexibility index (Phi) is 6.99. The second-order valence-electron chi connectivity index (χ2n) is 5.13. The van der Waals surface area contributed by atoms with E-state index in [-0.39, 0.29) is 5.41 Å². The Morgan fingerprint density at radius 3 is 2.11 bits per heavy atom. The Bertz CT molecular complexity index is 302. The van der Waals surface area contributed by atoms with Crippen molar-refractivity contribution in [3.8, 4) is 0 Å². The van der Waals surface area contributed by atoms with Crippen LogP contribution in [0.4, 0.5) is 0 Å². The predicted octanol–water partition coefficient (Wildman–Crippen LogP) is 3.70. The van der Waals surface area contributed by atoms with E-state index >= 15 is 0 Å². The second kappa shape index (κ2) is 8.28. The molecule has 0 N–H and O–H groups in total. The lowest BCUT2D eigenvalue weighted by molar-refractivity contribution is 0.00312. The highest BCUT2D eigenvalue weighted by Crippen LogP contribution is 2.30. The van der Waals surface area contributed by atoms with Crippen molar-refractivity contribution in [2.24, 2.45) is 5.41 Å². The topological polar surface area (TPSA) is 18.5 Å². The maximum absolute atomic E-state index is 5.45. The van der Waals surface area contributed by atoms with Gasteiger partial charge in [0.15, 0.2) is 0 Å². The molecule has 0 amide bonds. The van der Waals surface area contributed by atoms with Crippen molar-refractivity contribution in [2.45, 2.75) is 32.6 Å². The number of methoxy groups -OCH3 is 2.